The number of hydrogen-bond acceptors (Lipinski definition) is 2. The van der Waals surface area contributed by atoms with Gasteiger partial charge in [-0.2, -0.15) is 0 Å². The third-order valence-electron chi connectivity index (χ3n) is 4.52. The standard InChI is InChI=1S/C19H23ClN2.ClH/c1-2-21-12-14-22(15-13-21)19(16-6-4-3-5-7-16)17-8-10-18(20)11-9-17;/h3-11,19H,2,12-15H2,1H3;1H. The minimum Gasteiger partial charge on any atom is -0.301 e. The van der Waals surface area contributed by atoms with Crippen molar-refractivity contribution >= 4 is 24.0 Å². The van der Waals surface area contributed by atoms with E-state index in [-0.39, 0.29) is 12.4 Å². The molecule has 1 unspecified atom stereocenters. The van der Waals surface area contributed by atoms with Gasteiger partial charge < -0.3 is 4.90 Å². The van der Waals surface area contributed by atoms with Gasteiger partial charge in [-0.1, -0.05) is 61.0 Å². The Kier molecular flexibility index (Phi) is 6.91. The SMILES string of the molecule is CCN1CCN(C(c2ccccc2)c2ccc(Cl)cc2)CC1.Cl. The average Bonchev–Trinajstić information content (AvgIpc) is 2.58. The van der Waals surface area contributed by atoms with Crippen molar-refractivity contribution in [2.45, 2.75) is 13.0 Å². The second-order valence-corrected chi connectivity index (χ2v) is 6.27. The van der Waals surface area contributed by atoms with Crippen molar-refractivity contribution in [3.63, 3.8) is 0 Å². The molecule has 2 nitrogen and oxygen atoms in total. The van der Waals surface area contributed by atoms with Gasteiger partial charge in [0.15, 0.2) is 0 Å². The summed E-state index contributed by atoms with van der Waals surface area (Å²) in [4.78, 5) is 5.10. The van der Waals surface area contributed by atoms with Crippen molar-refractivity contribution in [3.8, 4) is 0 Å². The van der Waals surface area contributed by atoms with E-state index in [9.17, 15) is 0 Å². The van der Waals surface area contributed by atoms with Gasteiger partial charge in [0, 0.05) is 31.2 Å². The van der Waals surface area contributed by atoms with E-state index in [1.165, 1.54) is 11.1 Å². The minimum atomic E-state index is 0. The quantitative estimate of drug-likeness (QED) is 0.801. The molecule has 0 N–H and O–H groups in total. The number of piperazine rings is 1. The first-order chi connectivity index (χ1) is 10.8. The fourth-order valence-electron chi connectivity index (χ4n) is 3.23. The fourth-order valence-corrected chi connectivity index (χ4v) is 3.36. The maximum Gasteiger partial charge on any atom is 0.0602 e. The van der Waals surface area contributed by atoms with E-state index < -0.39 is 0 Å². The summed E-state index contributed by atoms with van der Waals surface area (Å²) >= 11 is 6.07. The molecule has 124 valence electrons. The fraction of sp³-hybridized carbons (Fsp3) is 0.368. The van der Waals surface area contributed by atoms with Gasteiger partial charge >= 0.3 is 0 Å². The van der Waals surface area contributed by atoms with E-state index >= 15 is 0 Å². The van der Waals surface area contributed by atoms with Crippen LogP contribution in [-0.4, -0.2) is 42.5 Å². The molecule has 0 aliphatic carbocycles. The van der Waals surface area contributed by atoms with E-state index in [1.807, 2.05) is 12.1 Å². The van der Waals surface area contributed by atoms with E-state index in [0.29, 0.717) is 6.04 Å². The lowest BCUT2D eigenvalue weighted by atomic mass is 9.96. The van der Waals surface area contributed by atoms with Crippen molar-refractivity contribution in [2.75, 3.05) is 32.7 Å². The monoisotopic (exact) mass is 350 g/mol. The molecule has 4 heteroatoms. The Morgan fingerprint density at radius 3 is 2.00 bits per heavy atom. The number of benzene rings is 2. The van der Waals surface area contributed by atoms with Gasteiger partial charge in [0.25, 0.3) is 0 Å². The van der Waals surface area contributed by atoms with Crippen LogP contribution in [-0.2, 0) is 0 Å². The number of rotatable bonds is 4. The number of nitrogens with zero attached hydrogens (tertiary/aromatic N) is 2. The van der Waals surface area contributed by atoms with Gasteiger partial charge in [-0.25, -0.2) is 0 Å². The molecular formula is C19H24Cl2N2. The van der Waals surface area contributed by atoms with Crippen LogP contribution in [0.2, 0.25) is 5.02 Å². The van der Waals surface area contributed by atoms with Crippen LogP contribution in [0.15, 0.2) is 54.6 Å². The van der Waals surface area contributed by atoms with Crippen molar-refractivity contribution in [1.82, 2.24) is 9.80 Å². The Morgan fingerprint density at radius 1 is 0.870 bits per heavy atom. The third kappa shape index (κ3) is 4.48. The Morgan fingerprint density at radius 2 is 1.43 bits per heavy atom. The molecule has 1 saturated heterocycles. The highest BCUT2D eigenvalue weighted by Crippen LogP contribution is 2.30. The highest BCUT2D eigenvalue weighted by molar-refractivity contribution is 6.30. The summed E-state index contributed by atoms with van der Waals surface area (Å²) in [7, 11) is 0. The summed E-state index contributed by atoms with van der Waals surface area (Å²) in [5, 5.41) is 0.798. The third-order valence-corrected chi connectivity index (χ3v) is 4.77. The lowest BCUT2D eigenvalue weighted by Crippen LogP contribution is -2.47. The van der Waals surface area contributed by atoms with E-state index in [0.717, 1.165) is 37.7 Å². The Labute approximate surface area is 150 Å². The molecular weight excluding hydrogens is 327 g/mol. The molecule has 2 aromatic rings. The Balaban J connectivity index is 0.00000192. The molecule has 1 heterocycles. The van der Waals surface area contributed by atoms with Gasteiger partial charge in [-0.05, 0) is 29.8 Å². The van der Waals surface area contributed by atoms with Crippen LogP contribution in [0.3, 0.4) is 0 Å². The lowest BCUT2D eigenvalue weighted by Gasteiger charge is -2.39. The highest BCUT2D eigenvalue weighted by Gasteiger charge is 2.25. The summed E-state index contributed by atoms with van der Waals surface area (Å²) in [6, 6.07) is 19.4. The van der Waals surface area contributed by atoms with Crippen molar-refractivity contribution in [2.24, 2.45) is 0 Å². The van der Waals surface area contributed by atoms with E-state index in [4.69, 9.17) is 11.6 Å². The minimum absolute atomic E-state index is 0. The molecule has 0 saturated carbocycles. The van der Waals surface area contributed by atoms with Crippen LogP contribution in [0.5, 0.6) is 0 Å². The molecule has 0 radical (unpaired) electrons. The molecule has 3 rings (SSSR count). The smallest absolute Gasteiger partial charge is 0.0602 e. The van der Waals surface area contributed by atoms with Gasteiger partial charge in [0.2, 0.25) is 0 Å². The number of halogens is 2. The van der Waals surface area contributed by atoms with Crippen LogP contribution in [0.1, 0.15) is 24.1 Å². The first-order valence-electron chi connectivity index (χ1n) is 8.04. The summed E-state index contributed by atoms with van der Waals surface area (Å²) in [6.07, 6.45) is 0. The molecule has 0 aromatic heterocycles. The second-order valence-electron chi connectivity index (χ2n) is 5.84. The van der Waals surface area contributed by atoms with Gasteiger partial charge in [0.1, 0.15) is 0 Å². The summed E-state index contributed by atoms with van der Waals surface area (Å²) in [5.41, 5.74) is 2.68. The topological polar surface area (TPSA) is 6.48 Å². The second kappa shape index (κ2) is 8.70. The molecule has 1 fully saturated rings. The normalized spacial score (nSPS) is 17.5. The summed E-state index contributed by atoms with van der Waals surface area (Å²) in [6.45, 7) is 7.89. The van der Waals surface area contributed by atoms with Crippen LogP contribution in [0.25, 0.3) is 0 Å². The van der Waals surface area contributed by atoms with Crippen LogP contribution < -0.4 is 0 Å². The lowest BCUT2D eigenvalue weighted by molar-refractivity contribution is 0.113. The number of likely N-dealkylation sites (N-methyl/N-ethyl adjacent to an activating group) is 1. The zero-order valence-corrected chi connectivity index (χ0v) is 15.1. The van der Waals surface area contributed by atoms with Crippen LogP contribution >= 0.6 is 24.0 Å². The predicted octanol–water partition coefficient (Wildman–Crippen LogP) is 4.49. The molecule has 23 heavy (non-hydrogen) atoms. The number of hydrogen-bond donors (Lipinski definition) is 0. The summed E-state index contributed by atoms with van der Waals surface area (Å²) < 4.78 is 0. The summed E-state index contributed by atoms with van der Waals surface area (Å²) in [5.74, 6) is 0. The van der Waals surface area contributed by atoms with Gasteiger partial charge in [0.05, 0.1) is 6.04 Å². The van der Waals surface area contributed by atoms with Crippen molar-refractivity contribution in [1.29, 1.82) is 0 Å². The highest BCUT2D eigenvalue weighted by atomic mass is 35.5. The predicted molar refractivity (Wildman–Crippen MR) is 101 cm³/mol. The first-order valence-corrected chi connectivity index (χ1v) is 8.42. The van der Waals surface area contributed by atoms with E-state index in [2.05, 4.69) is 59.2 Å². The maximum atomic E-state index is 6.07. The Hall–Kier alpha value is -1.06. The Bertz CT molecular complexity index is 578. The molecule has 0 bridgehead atoms. The molecule has 1 aliphatic rings. The molecule has 2 aromatic carbocycles. The zero-order chi connectivity index (χ0) is 15.4. The van der Waals surface area contributed by atoms with Crippen molar-refractivity contribution in [3.05, 3.63) is 70.7 Å². The molecule has 1 aliphatic heterocycles. The maximum absolute atomic E-state index is 6.07. The van der Waals surface area contributed by atoms with Crippen molar-refractivity contribution < 1.29 is 0 Å². The average molecular weight is 351 g/mol. The van der Waals surface area contributed by atoms with Crippen LogP contribution in [0.4, 0.5) is 0 Å². The zero-order valence-electron chi connectivity index (χ0n) is 13.5. The first kappa shape index (κ1) is 18.3. The van der Waals surface area contributed by atoms with Gasteiger partial charge in [-0.3, -0.25) is 4.90 Å². The molecule has 1 atom stereocenters. The van der Waals surface area contributed by atoms with Crippen LogP contribution in [0, 0.1) is 0 Å². The van der Waals surface area contributed by atoms with E-state index in [1.54, 1.807) is 0 Å². The van der Waals surface area contributed by atoms with Gasteiger partial charge in [-0.15, -0.1) is 12.4 Å². The largest absolute Gasteiger partial charge is 0.301 e. The molecule has 0 amide bonds. The molecule has 0 spiro atoms.